The Kier molecular flexibility index (Phi) is 16.1. The molecule has 0 aliphatic carbocycles. The van der Waals surface area contributed by atoms with E-state index in [1.54, 1.807) is 16.7 Å². The monoisotopic (exact) mass is 366 g/mol. The van der Waals surface area contributed by atoms with Crippen molar-refractivity contribution in [1.82, 2.24) is 9.80 Å². The van der Waals surface area contributed by atoms with E-state index < -0.39 is 5.60 Å². The van der Waals surface area contributed by atoms with Gasteiger partial charge in [-0.2, -0.15) is 0 Å². The molecule has 0 atom stereocenters. The summed E-state index contributed by atoms with van der Waals surface area (Å²) in [5, 5.41) is 0. The first-order chi connectivity index (χ1) is 7.29. The summed E-state index contributed by atoms with van der Waals surface area (Å²) < 4.78 is 5.26. The number of carbonyl (C=O) groups excluding carboxylic acids is 2. The van der Waals surface area contributed by atoms with Crippen molar-refractivity contribution in [2.45, 2.75) is 40.7 Å². The van der Waals surface area contributed by atoms with Crippen molar-refractivity contribution in [3.05, 3.63) is 7.43 Å². The first-order valence-corrected chi connectivity index (χ1v) is 5.53. The van der Waals surface area contributed by atoms with E-state index in [4.69, 9.17) is 4.74 Å². The van der Waals surface area contributed by atoms with E-state index in [2.05, 4.69) is 0 Å². The van der Waals surface area contributed by atoms with Gasteiger partial charge in [-0.1, -0.05) is 7.43 Å². The van der Waals surface area contributed by atoms with Gasteiger partial charge in [0.15, 0.2) is 0 Å². The first kappa shape index (κ1) is 28.0. The van der Waals surface area contributed by atoms with Crippen LogP contribution in [0.1, 0.15) is 35.1 Å². The first-order valence-electron chi connectivity index (χ1n) is 5.53. The van der Waals surface area contributed by atoms with Crippen molar-refractivity contribution in [3.8, 4) is 0 Å². The maximum Gasteiger partial charge on any atom is 0.410 e. The third-order valence-corrected chi connectivity index (χ3v) is 2.38. The number of piperazine rings is 1. The second-order valence-corrected chi connectivity index (χ2v) is 4.97. The SMILES string of the molecule is C.CC(=O)N1CCN(C(=O)OC(C)(C)C)CC1.O.[CH3-].[Y]. The molecule has 0 aromatic carbocycles. The largest absolute Gasteiger partial charge is 0.444 e. The van der Waals surface area contributed by atoms with Gasteiger partial charge in [-0.15, -0.1) is 0 Å². The molecular formula is C13H29N2O4Y-. The van der Waals surface area contributed by atoms with E-state index in [-0.39, 0.29) is 65.0 Å². The van der Waals surface area contributed by atoms with Crippen LogP contribution in [0.2, 0.25) is 0 Å². The van der Waals surface area contributed by atoms with Crippen LogP contribution in [-0.2, 0) is 42.2 Å². The van der Waals surface area contributed by atoms with Gasteiger partial charge in [0.2, 0.25) is 5.91 Å². The molecule has 6 nitrogen and oxygen atoms in total. The van der Waals surface area contributed by atoms with E-state index >= 15 is 0 Å². The Morgan fingerprint density at radius 2 is 1.35 bits per heavy atom. The van der Waals surface area contributed by atoms with Crippen molar-refractivity contribution < 1.29 is 52.5 Å². The van der Waals surface area contributed by atoms with Gasteiger partial charge in [0.05, 0.1) is 0 Å². The van der Waals surface area contributed by atoms with Gasteiger partial charge in [0.25, 0.3) is 0 Å². The minimum atomic E-state index is -0.463. The topological polar surface area (TPSA) is 81.4 Å². The molecule has 1 aliphatic heterocycles. The van der Waals surface area contributed by atoms with Crippen LogP contribution in [0.15, 0.2) is 0 Å². The van der Waals surface area contributed by atoms with Crippen LogP contribution in [0.5, 0.6) is 0 Å². The Morgan fingerprint density at radius 3 is 1.65 bits per heavy atom. The summed E-state index contributed by atoms with van der Waals surface area (Å²) in [5.74, 6) is 0.0591. The van der Waals surface area contributed by atoms with E-state index in [1.807, 2.05) is 20.8 Å². The van der Waals surface area contributed by atoms with Crippen LogP contribution in [0, 0.1) is 7.43 Å². The average Bonchev–Trinajstić information content (AvgIpc) is 2.15. The molecule has 0 spiro atoms. The van der Waals surface area contributed by atoms with Crippen LogP contribution in [-0.4, -0.2) is 59.1 Å². The minimum Gasteiger partial charge on any atom is -0.444 e. The van der Waals surface area contributed by atoms with Crippen LogP contribution in [0.3, 0.4) is 0 Å². The zero-order valence-electron chi connectivity index (χ0n) is 12.5. The molecule has 119 valence electrons. The summed E-state index contributed by atoms with van der Waals surface area (Å²) in [6, 6.07) is 0. The Hall–Kier alpha value is -0.196. The number of carbonyl (C=O) groups is 2. The smallest absolute Gasteiger partial charge is 0.410 e. The number of rotatable bonds is 0. The zero-order chi connectivity index (χ0) is 12.3. The van der Waals surface area contributed by atoms with Crippen LogP contribution >= 0.6 is 0 Å². The van der Waals surface area contributed by atoms with Crippen molar-refractivity contribution in [1.29, 1.82) is 0 Å². The number of hydrogen-bond acceptors (Lipinski definition) is 3. The Morgan fingerprint density at radius 1 is 1.00 bits per heavy atom. The van der Waals surface area contributed by atoms with Gasteiger partial charge in [-0.05, 0) is 20.8 Å². The summed E-state index contributed by atoms with van der Waals surface area (Å²) in [7, 11) is 0. The third kappa shape index (κ3) is 9.67. The van der Waals surface area contributed by atoms with Gasteiger partial charge in [0.1, 0.15) is 5.60 Å². The zero-order valence-corrected chi connectivity index (χ0v) is 15.4. The summed E-state index contributed by atoms with van der Waals surface area (Å²) in [5.41, 5.74) is -0.463. The van der Waals surface area contributed by atoms with Gasteiger partial charge in [-0.3, -0.25) is 4.79 Å². The average molecular weight is 366 g/mol. The standard InChI is InChI=1S/C11H20N2O3.CH4.CH3.H2O.Y/c1-9(14)12-5-7-13(8-6-12)10(15)16-11(2,3)4;;;;/h5-8H2,1-4H3;1H4;1H3;1H2;/q;;-1;;. The van der Waals surface area contributed by atoms with Gasteiger partial charge >= 0.3 is 6.09 Å². The number of nitrogens with zero attached hydrogens (tertiary/aromatic N) is 2. The fraction of sp³-hybridized carbons (Fsp3) is 0.769. The van der Waals surface area contributed by atoms with E-state index in [9.17, 15) is 9.59 Å². The Bertz CT molecular complexity index is 285. The molecule has 1 heterocycles. The van der Waals surface area contributed by atoms with Crippen LogP contribution in [0.25, 0.3) is 0 Å². The molecule has 0 unspecified atom stereocenters. The molecule has 1 radical (unpaired) electrons. The normalized spacial score (nSPS) is 13.8. The molecule has 0 saturated carbocycles. The van der Waals surface area contributed by atoms with Gasteiger partial charge in [0, 0.05) is 65.8 Å². The summed E-state index contributed by atoms with van der Waals surface area (Å²) in [6.07, 6.45) is -0.296. The Balaban J connectivity index is -0.000000320. The maximum atomic E-state index is 11.7. The molecule has 7 heteroatoms. The van der Waals surface area contributed by atoms with Gasteiger partial charge in [-0.25, -0.2) is 4.79 Å². The van der Waals surface area contributed by atoms with Crippen molar-refractivity contribution in [2.24, 2.45) is 0 Å². The van der Waals surface area contributed by atoms with Crippen molar-refractivity contribution in [2.75, 3.05) is 26.2 Å². The fourth-order valence-corrected chi connectivity index (χ4v) is 1.53. The predicted molar refractivity (Wildman–Crippen MR) is 76.8 cm³/mol. The molecule has 1 saturated heterocycles. The summed E-state index contributed by atoms with van der Waals surface area (Å²) >= 11 is 0. The molecule has 1 fully saturated rings. The van der Waals surface area contributed by atoms with E-state index in [0.29, 0.717) is 26.2 Å². The van der Waals surface area contributed by atoms with Crippen molar-refractivity contribution >= 4 is 12.0 Å². The molecule has 1 rings (SSSR count). The minimum absolute atomic E-state index is 0. The summed E-state index contributed by atoms with van der Waals surface area (Å²) in [4.78, 5) is 26.2. The molecule has 0 bridgehead atoms. The molecule has 20 heavy (non-hydrogen) atoms. The molecule has 0 aromatic rings. The van der Waals surface area contributed by atoms with Crippen molar-refractivity contribution in [3.63, 3.8) is 0 Å². The number of ether oxygens (including phenoxy) is 1. The second kappa shape index (κ2) is 11.5. The molecule has 1 aliphatic rings. The fourth-order valence-electron chi connectivity index (χ4n) is 1.53. The predicted octanol–water partition coefficient (Wildman–Crippen LogP) is 1.34. The third-order valence-electron chi connectivity index (χ3n) is 2.38. The molecule has 0 aromatic heterocycles. The second-order valence-electron chi connectivity index (χ2n) is 4.97. The molecular weight excluding hydrogens is 337 g/mol. The number of hydrogen-bond donors (Lipinski definition) is 0. The molecule has 2 amide bonds. The van der Waals surface area contributed by atoms with E-state index in [1.165, 1.54) is 0 Å². The van der Waals surface area contributed by atoms with Crippen LogP contribution < -0.4 is 0 Å². The quantitative estimate of drug-likeness (QED) is 0.607. The summed E-state index contributed by atoms with van der Waals surface area (Å²) in [6.45, 7) is 9.36. The molecule has 2 N–H and O–H groups in total. The Labute approximate surface area is 148 Å². The van der Waals surface area contributed by atoms with E-state index in [0.717, 1.165) is 0 Å². The number of amides is 2. The van der Waals surface area contributed by atoms with Gasteiger partial charge < -0.3 is 27.4 Å². The van der Waals surface area contributed by atoms with Crippen LogP contribution in [0.4, 0.5) is 4.79 Å². The maximum absolute atomic E-state index is 11.7.